The molecule has 2 atom stereocenters. The Balaban J connectivity index is 0.00000108. The van der Waals surface area contributed by atoms with Gasteiger partial charge in [-0.05, 0) is 24.8 Å². The molecule has 1 saturated heterocycles. The molecule has 1 aliphatic heterocycles. The lowest BCUT2D eigenvalue weighted by molar-refractivity contribution is 0.334. The molecule has 1 aromatic rings. The molecule has 1 aliphatic carbocycles. The minimum absolute atomic E-state index is 0. The van der Waals surface area contributed by atoms with Gasteiger partial charge in [-0.1, -0.05) is 35.7 Å². The molecule has 2 unspecified atom stereocenters. The van der Waals surface area contributed by atoms with Gasteiger partial charge >= 0.3 is 0 Å². The maximum atomic E-state index is 5.38. The Morgan fingerprint density at radius 1 is 1.41 bits per heavy atom. The van der Waals surface area contributed by atoms with Crippen molar-refractivity contribution >= 4 is 12.4 Å². The molecule has 90 valence electrons. The van der Waals surface area contributed by atoms with Gasteiger partial charge in [0.2, 0.25) is 0 Å². The molecule has 1 saturated carbocycles. The Hall–Kier alpha value is -0.970. The van der Waals surface area contributed by atoms with Crippen molar-refractivity contribution in [1.29, 1.82) is 0 Å². The molecule has 1 aromatic carbocycles. The van der Waals surface area contributed by atoms with E-state index in [2.05, 4.69) is 42.0 Å². The van der Waals surface area contributed by atoms with Crippen LogP contribution in [0.3, 0.4) is 0 Å². The van der Waals surface area contributed by atoms with Crippen molar-refractivity contribution in [3.05, 3.63) is 35.4 Å². The zero-order valence-corrected chi connectivity index (χ0v) is 11.0. The number of nitrogens with zero attached hydrogens (tertiary/aromatic N) is 1. The molecule has 1 heterocycles. The van der Waals surface area contributed by atoms with Crippen molar-refractivity contribution in [2.24, 2.45) is 5.92 Å². The van der Waals surface area contributed by atoms with Gasteiger partial charge in [-0.2, -0.15) is 0 Å². The van der Waals surface area contributed by atoms with Gasteiger partial charge in [0.05, 0.1) is 6.54 Å². The molecule has 0 N–H and O–H groups in total. The van der Waals surface area contributed by atoms with Crippen LogP contribution in [0.1, 0.15) is 17.5 Å². The van der Waals surface area contributed by atoms with E-state index in [9.17, 15) is 0 Å². The molecule has 0 aromatic heterocycles. The highest BCUT2D eigenvalue weighted by Crippen LogP contribution is 2.58. The van der Waals surface area contributed by atoms with Crippen molar-refractivity contribution in [2.75, 3.05) is 19.6 Å². The first-order valence-electron chi connectivity index (χ1n) is 5.97. The quantitative estimate of drug-likeness (QED) is 0.727. The number of benzene rings is 1. The fourth-order valence-corrected chi connectivity index (χ4v) is 3.17. The van der Waals surface area contributed by atoms with Crippen molar-refractivity contribution < 1.29 is 0 Å². The van der Waals surface area contributed by atoms with Crippen molar-refractivity contribution in [1.82, 2.24) is 4.90 Å². The lowest BCUT2D eigenvalue weighted by Crippen LogP contribution is -2.26. The summed E-state index contributed by atoms with van der Waals surface area (Å²) in [6.07, 6.45) is 6.74. The number of likely N-dealkylation sites (tertiary alicyclic amines) is 1. The van der Waals surface area contributed by atoms with Gasteiger partial charge in [0.25, 0.3) is 0 Å². The summed E-state index contributed by atoms with van der Waals surface area (Å²) in [5, 5.41) is 0. The van der Waals surface area contributed by atoms with Gasteiger partial charge in [-0.25, -0.2) is 0 Å². The summed E-state index contributed by atoms with van der Waals surface area (Å²) in [6.45, 7) is 5.30. The third kappa shape index (κ3) is 1.97. The molecule has 2 aliphatic rings. The molecular formula is C15H18ClN. The van der Waals surface area contributed by atoms with Crippen LogP contribution in [0.25, 0.3) is 0 Å². The van der Waals surface area contributed by atoms with Crippen LogP contribution in [-0.2, 0) is 5.41 Å². The summed E-state index contributed by atoms with van der Waals surface area (Å²) in [5.41, 5.74) is 3.31. The second-order valence-corrected chi connectivity index (χ2v) is 5.30. The van der Waals surface area contributed by atoms with Crippen LogP contribution in [-0.4, -0.2) is 24.5 Å². The first kappa shape index (κ1) is 12.5. The normalized spacial score (nSPS) is 30.2. The van der Waals surface area contributed by atoms with Gasteiger partial charge in [-0.15, -0.1) is 18.8 Å². The SMILES string of the molecule is C#CCN1CC2CC2(c2ccc(C)cc2)C1.Cl. The van der Waals surface area contributed by atoms with Gasteiger partial charge in [-0.3, -0.25) is 4.90 Å². The van der Waals surface area contributed by atoms with Gasteiger partial charge < -0.3 is 0 Å². The van der Waals surface area contributed by atoms with Crippen LogP contribution in [0.4, 0.5) is 0 Å². The zero-order valence-electron chi connectivity index (χ0n) is 10.1. The number of fused-ring (bicyclic) bond motifs is 1. The van der Waals surface area contributed by atoms with Crippen LogP contribution in [0.5, 0.6) is 0 Å². The topological polar surface area (TPSA) is 3.24 Å². The fraction of sp³-hybridized carbons (Fsp3) is 0.467. The molecule has 17 heavy (non-hydrogen) atoms. The maximum absolute atomic E-state index is 5.38. The molecule has 3 rings (SSSR count). The van der Waals surface area contributed by atoms with E-state index in [4.69, 9.17) is 6.42 Å². The molecule has 1 nitrogen and oxygen atoms in total. The molecule has 0 spiro atoms. The number of terminal acetylenes is 1. The van der Waals surface area contributed by atoms with Gasteiger partial charge in [0, 0.05) is 18.5 Å². The first-order valence-corrected chi connectivity index (χ1v) is 5.97. The number of hydrogen-bond donors (Lipinski definition) is 0. The van der Waals surface area contributed by atoms with Gasteiger partial charge in [0.1, 0.15) is 0 Å². The van der Waals surface area contributed by atoms with E-state index in [1.54, 1.807) is 0 Å². The van der Waals surface area contributed by atoms with E-state index in [-0.39, 0.29) is 12.4 Å². The van der Waals surface area contributed by atoms with Crippen LogP contribution in [0.15, 0.2) is 24.3 Å². The highest BCUT2D eigenvalue weighted by molar-refractivity contribution is 5.85. The van der Waals surface area contributed by atoms with E-state index in [0.29, 0.717) is 5.41 Å². The summed E-state index contributed by atoms with van der Waals surface area (Å²) >= 11 is 0. The van der Waals surface area contributed by atoms with Crippen LogP contribution in [0.2, 0.25) is 0 Å². The Bertz CT molecular complexity index is 445. The molecule has 2 heteroatoms. The zero-order chi connectivity index (χ0) is 11.2. The van der Waals surface area contributed by atoms with E-state index >= 15 is 0 Å². The number of rotatable bonds is 2. The third-order valence-corrected chi connectivity index (χ3v) is 4.16. The summed E-state index contributed by atoms with van der Waals surface area (Å²) < 4.78 is 0. The van der Waals surface area contributed by atoms with Crippen LogP contribution >= 0.6 is 12.4 Å². The van der Waals surface area contributed by atoms with Crippen molar-refractivity contribution in [3.8, 4) is 12.3 Å². The predicted molar refractivity (Wildman–Crippen MR) is 73.5 cm³/mol. The van der Waals surface area contributed by atoms with Crippen molar-refractivity contribution in [3.63, 3.8) is 0 Å². The van der Waals surface area contributed by atoms with E-state index in [1.807, 2.05) is 0 Å². The highest BCUT2D eigenvalue weighted by Gasteiger charge is 2.60. The second-order valence-electron chi connectivity index (χ2n) is 5.30. The van der Waals surface area contributed by atoms with Gasteiger partial charge in [0.15, 0.2) is 0 Å². The number of piperidine rings is 1. The van der Waals surface area contributed by atoms with Crippen molar-refractivity contribution in [2.45, 2.75) is 18.8 Å². The number of halogens is 1. The van der Waals surface area contributed by atoms with E-state index in [1.165, 1.54) is 24.1 Å². The lowest BCUT2D eigenvalue weighted by atomic mass is 9.94. The maximum Gasteiger partial charge on any atom is 0.0599 e. The Labute approximate surface area is 110 Å². The molecule has 2 fully saturated rings. The van der Waals surface area contributed by atoms with Crippen LogP contribution < -0.4 is 0 Å². The fourth-order valence-electron chi connectivity index (χ4n) is 3.17. The molecule has 0 bridgehead atoms. The van der Waals surface area contributed by atoms with Crippen LogP contribution in [0, 0.1) is 25.2 Å². The van der Waals surface area contributed by atoms with E-state index in [0.717, 1.165) is 19.0 Å². The number of aryl methyl sites for hydroxylation is 1. The predicted octanol–water partition coefficient (Wildman–Crippen LogP) is 2.62. The summed E-state index contributed by atoms with van der Waals surface area (Å²) in [6, 6.07) is 9.05. The standard InChI is InChI=1S/C15H17N.ClH/c1-3-8-16-10-14-9-15(14,11-16)13-6-4-12(2)5-7-13;/h1,4-7,14H,8-11H2,2H3;1H. The summed E-state index contributed by atoms with van der Waals surface area (Å²) in [4.78, 5) is 2.41. The smallest absolute Gasteiger partial charge is 0.0599 e. The summed E-state index contributed by atoms with van der Waals surface area (Å²) in [5.74, 6) is 3.60. The Morgan fingerprint density at radius 2 is 2.12 bits per heavy atom. The molecule has 0 amide bonds. The number of hydrogen-bond acceptors (Lipinski definition) is 1. The van der Waals surface area contributed by atoms with E-state index < -0.39 is 0 Å². The molecule has 0 radical (unpaired) electrons. The minimum Gasteiger partial charge on any atom is -0.291 e. The monoisotopic (exact) mass is 247 g/mol. The third-order valence-electron chi connectivity index (χ3n) is 4.16. The lowest BCUT2D eigenvalue weighted by Gasteiger charge is -2.18. The Morgan fingerprint density at radius 3 is 2.76 bits per heavy atom. The minimum atomic E-state index is 0. The summed E-state index contributed by atoms with van der Waals surface area (Å²) in [7, 11) is 0. The first-order chi connectivity index (χ1) is 7.74. The second kappa shape index (κ2) is 4.37. The molecular weight excluding hydrogens is 230 g/mol. The highest BCUT2D eigenvalue weighted by atomic mass is 35.5. The largest absolute Gasteiger partial charge is 0.291 e. The Kier molecular flexibility index (Phi) is 3.21. The average molecular weight is 248 g/mol. The average Bonchev–Trinajstić information content (AvgIpc) is 2.84.